The molecular weight excluding hydrogens is 461 g/mol. The fraction of sp³-hybridized carbons (Fsp3) is 0.208. The Balaban J connectivity index is 1.75. The van der Waals surface area contributed by atoms with Crippen LogP contribution < -0.4 is 26.3 Å². The lowest BCUT2D eigenvalue weighted by molar-refractivity contribution is 0.393. The van der Waals surface area contributed by atoms with Gasteiger partial charge < -0.3 is 31.2 Å². The van der Waals surface area contributed by atoms with E-state index < -0.39 is 0 Å². The maximum absolute atomic E-state index is 6.65. The van der Waals surface area contributed by atoms with Crippen molar-refractivity contribution in [2.24, 2.45) is 5.73 Å². The molecule has 0 amide bonds. The first-order valence-electron chi connectivity index (χ1n) is 10.2. The molecule has 0 aliphatic carbocycles. The summed E-state index contributed by atoms with van der Waals surface area (Å²) in [7, 11) is 5.09. The van der Waals surface area contributed by atoms with E-state index in [0.717, 1.165) is 28.1 Å². The third kappa shape index (κ3) is 4.27. The van der Waals surface area contributed by atoms with Crippen molar-refractivity contribution in [1.82, 2.24) is 9.88 Å². The maximum Gasteiger partial charge on any atom is 0.141 e. The average molecular weight is 486 g/mol. The van der Waals surface area contributed by atoms with Gasteiger partial charge in [-0.2, -0.15) is 0 Å². The number of para-hydroxylation sites is 1. The molecule has 2 heterocycles. The van der Waals surface area contributed by atoms with Gasteiger partial charge in [-0.1, -0.05) is 35.3 Å². The summed E-state index contributed by atoms with van der Waals surface area (Å²) < 4.78 is 10.8. The number of anilines is 3. The number of pyridine rings is 1. The molecule has 0 saturated carbocycles. The summed E-state index contributed by atoms with van der Waals surface area (Å²) in [6, 6.07) is 9.33. The second-order valence-corrected chi connectivity index (χ2v) is 8.40. The molecule has 1 aliphatic rings. The number of halogens is 2. The number of benzene rings is 2. The monoisotopic (exact) mass is 485 g/mol. The van der Waals surface area contributed by atoms with Crippen molar-refractivity contribution >= 4 is 52.2 Å². The van der Waals surface area contributed by atoms with Crippen molar-refractivity contribution in [1.29, 1.82) is 0 Å². The predicted octanol–water partition coefficient (Wildman–Crippen LogP) is 5.13. The molecular formula is C24H25Cl2N5O2. The fourth-order valence-electron chi connectivity index (χ4n) is 3.89. The molecule has 0 bridgehead atoms. The molecule has 33 heavy (non-hydrogen) atoms. The smallest absolute Gasteiger partial charge is 0.141 e. The molecule has 7 nitrogen and oxygen atoms in total. The normalized spacial score (nSPS) is 12.8. The maximum atomic E-state index is 6.65. The van der Waals surface area contributed by atoms with E-state index in [1.807, 2.05) is 43.6 Å². The van der Waals surface area contributed by atoms with Crippen LogP contribution in [0.15, 0.2) is 36.5 Å². The predicted molar refractivity (Wildman–Crippen MR) is 135 cm³/mol. The molecule has 2 aromatic carbocycles. The second-order valence-electron chi connectivity index (χ2n) is 7.65. The summed E-state index contributed by atoms with van der Waals surface area (Å²) in [6.07, 6.45) is 3.81. The van der Waals surface area contributed by atoms with Gasteiger partial charge in [-0.15, -0.1) is 0 Å². The first-order valence-corrected chi connectivity index (χ1v) is 11.0. The van der Waals surface area contributed by atoms with Gasteiger partial charge in [-0.05, 0) is 34.9 Å². The quantitative estimate of drug-likeness (QED) is 0.416. The number of hydrogen-bond acceptors (Lipinski definition) is 7. The Hall–Kier alpha value is -3.13. The lowest BCUT2D eigenvalue weighted by Crippen LogP contribution is -2.21. The van der Waals surface area contributed by atoms with E-state index in [1.165, 1.54) is 0 Å². The number of methoxy groups -OCH3 is 2. The van der Waals surface area contributed by atoms with Gasteiger partial charge in [-0.25, -0.2) is 4.98 Å². The van der Waals surface area contributed by atoms with Gasteiger partial charge in [0.2, 0.25) is 0 Å². The molecule has 0 saturated heterocycles. The van der Waals surface area contributed by atoms with Crippen LogP contribution in [-0.4, -0.2) is 31.2 Å². The van der Waals surface area contributed by atoms with Crippen LogP contribution in [-0.2, 0) is 13.1 Å². The summed E-state index contributed by atoms with van der Waals surface area (Å²) in [5, 5.41) is 4.16. The van der Waals surface area contributed by atoms with Gasteiger partial charge >= 0.3 is 0 Å². The molecule has 3 aromatic rings. The lowest BCUT2D eigenvalue weighted by atomic mass is 9.99. The van der Waals surface area contributed by atoms with Crippen LogP contribution in [0.1, 0.15) is 22.3 Å². The third-order valence-corrected chi connectivity index (χ3v) is 6.37. The Morgan fingerprint density at radius 1 is 1.12 bits per heavy atom. The standard InChI is InChI=1S/C24H25Cl2N5O2/c1-31-12-15-8-20(30-24-13(10-27)5-4-6-16(24)28)29-11-14(15)7-17(31)21-22(25)18(32-2)9-19(33-3)23(21)26/h4-9,11H,10,12,27-28H2,1-3H3,(H,29,30). The van der Waals surface area contributed by atoms with Gasteiger partial charge in [0.25, 0.3) is 0 Å². The van der Waals surface area contributed by atoms with Crippen LogP contribution in [0.5, 0.6) is 11.5 Å². The number of ether oxygens (including phenoxy) is 2. The highest BCUT2D eigenvalue weighted by Gasteiger charge is 2.25. The van der Waals surface area contributed by atoms with Crippen LogP contribution in [0.25, 0.3) is 11.8 Å². The number of nitrogens with two attached hydrogens (primary N) is 2. The minimum Gasteiger partial charge on any atom is -0.495 e. The average Bonchev–Trinajstić information content (AvgIpc) is 2.81. The van der Waals surface area contributed by atoms with Gasteiger partial charge in [0.1, 0.15) is 17.3 Å². The highest BCUT2D eigenvalue weighted by molar-refractivity contribution is 6.39. The first-order chi connectivity index (χ1) is 15.9. The van der Waals surface area contributed by atoms with E-state index in [2.05, 4.69) is 15.2 Å². The van der Waals surface area contributed by atoms with E-state index >= 15 is 0 Å². The number of hydrogen-bond donors (Lipinski definition) is 3. The Kier molecular flexibility index (Phi) is 6.56. The number of aromatic nitrogens is 1. The Bertz CT molecular complexity index is 1220. The molecule has 0 unspecified atom stereocenters. The van der Waals surface area contributed by atoms with Crippen LogP contribution in [0.2, 0.25) is 10.0 Å². The first kappa shape index (κ1) is 23.0. The SMILES string of the molecule is COc1cc(OC)c(Cl)c(C2=Cc3cnc(Nc4c(N)cccc4CN)cc3CN2C)c1Cl. The molecule has 9 heteroatoms. The largest absolute Gasteiger partial charge is 0.495 e. The fourth-order valence-corrected chi connectivity index (χ4v) is 4.58. The van der Waals surface area contributed by atoms with Crippen molar-refractivity contribution in [2.45, 2.75) is 13.1 Å². The number of fused-ring (bicyclic) bond motifs is 1. The van der Waals surface area contributed by atoms with Gasteiger partial charge in [0.05, 0.1) is 35.6 Å². The number of nitrogens with one attached hydrogen (secondary N) is 1. The highest BCUT2D eigenvalue weighted by Crippen LogP contribution is 2.46. The summed E-state index contributed by atoms with van der Waals surface area (Å²) in [4.78, 5) is 6.65. The molecule has 0 fully saturated rings. The van der Waals surface area contributed by atoms with E-state index in [1.54, 1.807) is 20.3 Å². The summed E-state index contributed by atoms with van der Waals surface area (Å²) >= 11 is 13.3. The zero-order chi connectivity index (χ0) is 23.7. The molecule has 1 aliphatic heterocycles. The van der Waals surface area contributed by atoms with Gasteiger partial charge in [0.15, 0.2) is 0 Å². The van der Waals surface area contributed by atoms with Crippen molar-refractivity contribution < 1.29 is 9.47 Å². The third-order valence-electron chi connectivity index (χ3n) is 5.62. The van der Waals surface area contributed by atoms with E-state index in [0.29, 0.717) is 51.7 Å². The van der Waals surface area contributed by atoms with Crippen LogP contribution in [0.4, 0.5) is 17.2 Å². The van der Waals surface area contributed by atoms with Crippen molar-refractivity contribution in [3.63, 3.8) is 0 Å². The van der Waals surface area contributed by atoms with Crippen LogP contribution in [0.3, 0.4) is 0 Å². The van der Waals surface area contributed by atoms with Crippen LogP contribution in [0, 0.1) is 0 Å². The molecule has 1 aromatic heterocycles. The zero-order valence-corrected chi connectivity index (χ0v) is 20.1. The van der Waals surface area contributed by atoms with Gasteiger partial charge in [-0.3, -0.25) is 0 Å². The Labute approximate surface area is 202 Å². The van der Waals surface area contributed by atoms with Crippen LogP contribution >= 0.6 is 23.2 Å². The zero-order valence-electron chi connectivity index (χ0n) is 18.6. The van der Waals surface area contributed by atoms with Crippen molar-refractivity contribution in [3.8, 4) is 11.5 Å². The summed E-state index contributed by atoms with van der Waals surface area (Å²) in [5.74, 6) is 1.66. The Morgan fingerprint density at radius 2 is 1.82 bits per heavy atom. The molecule has 0 radical (unpaired) electrons. The molecule has 5 N–H and O–H groups in total. The van der Waals surface area contributed by atoms with Gasteiger partial charge in [0, 0.05) is 43.7 Å². The van der Waals surface area contributed by atoms with Crippen molar-refractivity contribution in [2.75, 3.05) is 32.3 Å². The minimum absolute atomic E-state index is 0.374. The van der Waals surface area contributed by atoms with E-state index in [-0.39, 0.29) is 0 Å². The highest BCUT2D eigenvalue weighted by atomic mass is 35.5. The number of nitrogen functional groups attached to an aromatic ring is 1. The van der Waals surface area contributed by atoms with E-state index in [4.69, 9.17) is 44.1 Å². The van der Waals surface area contributed by atoms with E-state index in [9.17, 15) is 0 Å². The topological polar surface area (TPSA) is 98.7 Å². The molecule has 172 valence electrons. The lowest BCUT2D eigenvalue weighted by Gasteiger charge is -2.30. The summed E-state index contributed by atoms with van der Waals surface area (Å²) in [6.45, 7) is 0.997. The minimum atomic E-state index is 0.374. The molecule has 4 rings (SSSR count). The molecule has 0 spiro atoms. The Morgan fingerprint density at radius 3 is 2.45 bits per heavy atom. The number of nitrogens with zero attached hydrogens (tertiary/aromatic N) is 2. The summed E-state index contributed by atoms with van der Waals surface area (Å²) in [5.41, 5.74) is 17.9. The number of rotatable bonds is 6. The van der Waals surface area contributed by atoms with Crippen molar-refractivity contribution in [3.05, 3.63) is 68.8 Å². The second kappa shape index (κ2) is 9.39. The molecule has 0 atom stereocenters.